The Kier molecular flexibility index (Phi) is 9.38. The molecule has 0 saturated heterocycles. The number of hydrogen-bond acceptors (Lipinski definition) is 2. The second-order valence-electron chi connectivity index (χ2n) is 17.7. The van der Waals surface area contributed by atoms with Crippen LogP contribution in [0.3, 0.4) is 0 Å². The molecule has 0 aliphatic carbocycles. The molecule has 0 fully saturated rings. The normalized spacial score (nSPS) is 12.5. The van der Waals surface area contributed by atoms with Gasteiger partial charge in [0.05, 0.1) is 5.65 Å². The SMILES string of the molecule is Cc1[n-]c(-n2c3ccc(C(C)(C)C)cc3c3ccc(-c4[c-]c(-c5ccccn5)cc(-c5cc(C(C)(C)C)cc(C(C)(C)C)c5)c4)nc32)c2ccccc12.[Pt+2]. The minimum Gasteiger partial charge on any atom is -0.439 e. The number of hydrogen-bond donors (Lipinski definition) is 0. The molecule has 0 atom stereocenters. The van der Waals surface area contributed by atoms with Gasteiger partial charge in [0.2, 0.25) is 0 Å². The Morgan fingerprint density at radius 3 is 1.80 bits per heavy atom. The molecule has 0 aliphatic heterocycles. The van der Waals surface area contributed by atoms with Gasteiger partial charge in [-0.2, -0.15) is 0 Å². The summed E-state index contributed by atoms with van der Waals surface area (Å²) in [6, 6.07) is 41.1. The number of pyridine rings is 2. The van der Waals surface area contributed by atoms with Gasteiger partial charge in [0.15, 0.2) is 0 Å². The molecular formula is C49H48N4Pt. The van der Waals surface area contributed by atoms with E-state index < -0.39 is 0 Å². The summed E-state index contributed by atoms with van der Waals surface area (Å²) in [7, 11) is 0. The van der Waals surface area contributed by atoms with Crippen molar-refractivity contribution >= 4 is 32.7 Å². The van der Waals surface area contributed by atoms with Gasteiger partial charge in [-0.25, -0.2) is 0 Å². The summed E-state index contributed by atoms with van der Waals surface area (Å²) >= 11 is 0. The molecule has 0 spiro atoms. The number of rotatable bonds is 4. The fourth-order valence-electron chi connectivity index (χ4n) is 7.36. The predicted molar refractivity (Wildman–Crippen MR) is 223 cm³/mol. The van der Waals surface area contributed by atoms with Crippen LogP contribution in [0.2, 0.25) is 0 Å². The van der Waals surface area contributed by atoms with Gasteiger partial charge in [0, 0.05) is 23.0 Å². The van der Waals surface area contributed by atoms with E-state index in [9.17, 15) is 0 Å². The van der Waals surface area contributed by atoms with Gasteiger partial charge in [-0.15, -0.1) is 18.2 Å². The molecule has 0 N–H and O–H groups in total. The summed E-state index contributed by atoms with van der Waals surface area (Å²) in [5.41, 5.74) is 12.8. The average Bonchev–Trinajstić information content (AvgIpc) is 3.63. The third-order valence-electron chi connectivity index (χ3n) is 10.6. The van der Waals surface area contributed by atoms with Gasteiger partial charge >= 0.3 is 21.1 Å². The summed E-state index contributed by atoms with van der Waals surface area (Å²) < 4.78 is 2.27. The zero-order chi connectivity index (χ0) is 37.4. The number of nitrogens with zero attached hydrogens (tertiary/aromatic N) is 4. The average molecular weight is 888 g/mol. The summed E-state index contributed by atoms with van der Waals surface area (Å²) in [4.78, 5) is 15.5. The van der Waals surface area contributed by atoms with E-state index in [4.69, 9.17) is 15.0 Å². The monoisotopic (exact) mass is 887 g/mol. The third-order valence-corrected chi connectivity index (χ3v) is 10.6. The molecule has 0 amide bonds. The van der Waals surface area contributed by atoms with E-state index in [1.54, 1.807) is 0 Å². The van der Waals surface area contributed by atoms with Crippen LogP contribution in [0.15, 0.2) is 109 Å². The Bertz CT molecular complexity index is 2640. The van der Waals surface area contributed by atoms with Crippen molar-refractivity contribution in [2.75, 3.05) is 0 Å². The summed E-state index contributed by atoms with van der Waals surface area (Å²) in [5.74, 6) is 0.909. The Morgan fingerprint density at radius 1 is 0.556 bits per heavy atom. The fraction of sp³-hybridized carbons (Fsp3) is 0.265. The first-order valence-corrected chi connectivity index (χ1v) is 18.7. The van der Waals surface area contributed by atoms with Crippen LogP contribution < -0.4 is 4.98 Å². The minimum atomic E-state index is -0.00617. The molecule has 4 heterocycles. The molecule has 5 heteroatoms. The van der Waals surface area contributed by atoms with Gasteiger partial charge in [0.25, 0.3) is 0 Å². The zero-order valence-corrected chi connectivity index (χ0v) is 35.3. The van der Waals surface area contributed by atoms with E-state index in [2.05, 4.69) is 171 Å². The Balaban J connectivity index is 0.00000450. The van der Waals surface area contributed by atoms with Crippen LogP contribution in [0.5, 0.6) is 0 Å². The van der Waals surface area contributed by atoms with Crippen LogP contribution in [0.4, 0.5) is 0 Å². The number of fused-ring (bicyclic) bond motifs is 4. The molecule has 0 unspecified atom stereocenters. The second kappa shape index (κ2) is 13.5. The predicted octanol–water partition coefficient (Wildman–Crippen LogP) is 12.7. The van der Waals surface area contributed by atoms with E-state index >= 15 is 0 Å². The molecule has 8 rings (SSSR count). The molecule has 4 aromatic carbocycles. The fourth-order valence-corrected chi connectivity index (χ4v) is 7.36. The molecule has 4 nitrogen and oxygen atoms in total. The van der Waals surface area contributed by atoms with E-state index in [1.807, 2.05) is 18.3 Å². The van der Waals surface area contributed by atoms with E-state index in [-0.39, 0.29) is 37.3 Å². The zero-order valence-electron chi connectivity index (χ0n) is 33.0. The summed E-state index contributed by atoms with van der Waals surface area (Å²) in [6.45, 7) is 22.6. The van der Waals surface area contributed by atoms with Crippen LogP contribution in [0.25, 0.3) is 72.2 Å². The van der Waals surface area contributed by atoms with Crippen LogP contribution >= 0.6 is 0 Å². The van der Waals surface area contributed by atoms with Gasteiger partial charge in [0.1, 0.15) is 0 Å². The topological polar surface area (TPSA) is 44.8 Å². The first-order valence-electron chi connectivity index (χ1n) is 18.7. The number of aromatic nitrogens is 4. The molecule has 8 aromatic rings. The molecule has 0 saturated carbocycles. The Morgan fingerprint density at radius 2 is 1.17 bits per heavy atom. The van der Waals surface area contributed by atoms with Crippen molar-refractivity contribution in [3.05, 3.63) is 138 Å². The summed E-state index contributed by atoms with van der Waals surface area (Å²) in [5, 5.41) is 4.56. The van der Waals surface area contributed by atoms with Crippen molar-refractivity contribution in [1.29, 1.82) is 0 Å². The van der Waals surface area contributed by atoms with E-state index in [1.165, 1.54) is 27.6 Å². The van der Waals surface area contributed by atoms with Crippen LogP contribution in [0.1, 0.15) is 84.7 Å². The van der Waals surface area contributed by atoms with Crippen molar-refractivity contribution in [2.24, 2.45) is 0 Å². The van der Waals surface area contributed by atoms with Gasteiger partial charge < -0.3 is 9.55 Å². The molecule has 274 valence electrons. The maximum atomic E-state index is 5.52. The van der Waals surface area contributed by atoms with Crippen LogP contribution in [0, 0.1) is 13.0 Å². The standard InChI is InChI=1S/C49H48N4.Pt/c1-30-38-15-11-12-16-39(38)45(51-30)53-44-21-18-35(47(2,3)4)29-41(44)40-19-20-43(52-46(40)53)34-24-31(23-33(25-34)42-17-13-14-22-50-42)32-26-36(48(5,6)7)28-37(27-32)49(8,9)10;/h11-24,26-29H,1-10H3;/q-2;+2. The van der Waals surface area contributed by atoms with Crippen molar-refractivity contribution in [3.63, 3.8) is 0 Å². The number of benzene rings is 4. The smallest absolute Gasteiger partial charge is 0.439 e. The van der Waals surface area contributed by atoms with Gasteiger partial charge in [-0.1, -0.05) is 170 Å². The van der Waals surface area contributed by atoms with Gasteiger partial charge in [-0.05, 0) is 79.0 Å². The Labute approximate surface area is 334 Å². The van der Waals surface area contributed by atoms with E-state index in [0.717, 1.165) is 66.9 Å². The van der Waals surface area contributed by atoms with Crippen LogP contribution in [-0.2, 0) is 37.3 Å². The second-order valence-corrected chi connectivity index (χ2v) is 17.7. The molecule has 0 aliphatic rings. The van der Waals surface area contributed by atoms with Crippen molar-refractivity contribution < 1.29 is 21.1 Å². The minimum absolute atomic E-state index is 0. The largest absolute Gasteiger partial charge is 2.00 e. The van der Waals surface area contributed by atoms with Crippen molar-refractivity contribution in [3.8, 4) is 39.5 Å². The number of aryl methyl sites for hydroxylation is 1. The first kappa shape index (κ1) is 37.5. The molecule has 0 radical (unpaired) electrons. The molecule has 0 bridgehead atoms. The van der Waals surface area contributed by atoms with E-state index in [0.29, 0.717) is 0 Å². The van der Waals surface area contributed by atoms with Crippen molar-refractivity contribution in [2.45, 2.75) is 85.5 Å². The maximum Gasteiger partial charge on any atom is 2.00 e. The Hall–Kier alpha value is -4.79. The van der Waals surface area contributed by atoms with Crippen molar-refractivity contribution in [1.82, 2.24) is 19.5 Å². The van der Waals surface area contributed by atoms with Gasteiger partial charge in [-0.3, -0.25) is 9.97 Å². The van der Waals surface area contributed by atoms with Crippen LogP contribution in [-0.4, -0.2) is 14.5 Å². The summed E-state index contributed by atoms with van der Waals surface area (Å²) in [6.07, 6.45) is 1.85. The third kappa shape index (κ3) is 6.75. The first-order chi connectivity index (χ1) is 25.1. The molecular weight excluding hydrogens is 840 g/mol. The molecule has 54 heavy (non-hydrogen) atoms. The quantitative estimate of drug-likeness (QED) is 0.165. The maximum absolute atomic E-state index is 5.52. The molecule has 4 aromatic heterocycles.